The maximum Gasteiger partial charge on any atom is 0.211 e. The van der Waals surface area contributed by atoms with Gasteiger partial charge in [0.15, 0.2) is 0 Å². The number of anilines is 2. The summed E-state index contributed by atoms with van der Waals surface area (Å²) in [5.41, 5.74) is 4.30. The van der Waals surface area contributed by atoms with Crippen molar-refractivity contribution in [2.24, 2.45) is 0 Å². The van der Waals surface area contributed by atoms with Gasteiger partial charge in [-0.05, 0) is 37.1 Å². The number of benzene rings is 1. The molecule has 0 saturated carbocycles. The number of pyridine rings is 1. The van der Waals surface area contributed by atoms with Gasteiger partial charge in [0, 0.05) is 30.5 Å². The largest absolute Gasteiger partial charge is 0.340 e. The lowest BCUT2D eigenvalue weighted by molar-refractivity contribution is 0.395. The van der Waals surface area contributed by atoms with E-state index in [0.29, 0.717) is 19.5 Å². The van der Waals surface area contributed by atoms with E-state index in [1.54, 1.807) is 6.20 Å². The molecule has 22 heavy (non-hydrogen) atoms. The summed E-state index contributed by atoms with van der Waals surface area (Å²) < 4.78 is 24.9. The topological polar surface area (TPSA) is 62.3 Å². The molecule has 2 aromatic rings. The van der Waals surface area contributed by atoms with Crippen LogP contribution in [0.3, 0.4) is 0 Å². The number of hydrogen-bond acceptors (Lipinski definition) is 4. The van der Waals surface area contributed by atoms with Crippen LogP contribution in [0.1, 0.15) is 16.7 Å². The molecular formula is C16H19N3O2S. The third kappa shape index (κ3) is 3.13. The quantitative estimate of drug-likeness (QED) is 0.944. The number of nitrogens with one attached hydrogen (secondary N) is 1. The van der Waals surface area contributed by atoms with Crippen molar-refractivity contribution in [2.45, 2.75) is 19.9 Å². The van der Waals surface area contributed by atoms with Crippen molar-refractivity contribution in [2.75, 3.05) is 18.1 Å². The first-order valence-electron chi connectivity index (χ1n) is 7.19. The Morgan fingerprint density at radius 2 is 1.91 bits per heavy atom. The van der Waals surface area contributed by atoms with E-state index in [1.165, 1.54) is 16.1 Å². The zero-order valence-corrected chi connectivity index (χ0v) is 13.5. The fourth-order valence-electron chi connectivity index (χ4n) is 2.63. The van der Waals surface area contributed by atoms with E-state index >= 15 is 0 Å². The molecule has 1 aliphatic heterocycles. The van der Waals surface area contributed by atoms with Gasteiger partial charge in [0.2, 0.25) is 10.0 Å². The summed E-state index contributed by atoms with van der Waals surface area (Å²) in [7, 11) is -3.15. The lowest BCUT2D eigenvalue weighted by atomic mass is 10.0. The minimum Gasteiger partial charge on any atom is -0.340 e. The smallest absolute Gasteiger partial charge is 0.211 e. The third-order valence-electron chi connectivity index (χ3n) is 3.89. The summed E-state index contributed by atoms with van der Waals surface area (Å²) in [6.45, 7) is 2.96. The second-order valence-corrected chi connectivity index (χ2v) is 7.62. The fourth-order valence-corrected chi connectivity index (χ4v) is 3.43. The summed E-state index contributed by atoms with van der Waals surface area (Å²) in [6, 6.07) is 10.0. The zero-order chi connectivity index (χ0) is 15.7. The average Bonchev–Trinajstić information content (AvgIpc) is 2.48. The summed E-state index contributed by atoms with van der Waals surface area (Å²) in [4.78, 5) is 4.42. The van der Waals surface area contributed by atoms with Gasteiger partial charge in [0.1, 0.15) is 5.82 Å². The minimum atomic E-state index is -3.15. The van der Waals surface area contributed by atoms with Crippen LogP contribution in [0, 0.1) is 6.92 Å². The molecule has 3 rings (SSSR count). The van der Waals surface area contributed by atoms with Crippen molar-refractivity contribution in [3.8, 4) is 0 Å². The summed E-state index contributed by atoms with van der Waals surface area (Å²) >= 11 is 0. The first kappa shape index (κ1) is 15.0. The Morgan fingerprint density at radius 3 is 2.59 bits per heavy atom. The monoisotopic (exact) mass is 317 g/mol. The molecule has 0 bridgehead atoms. The SMILES string of the molecule is Cc1ccc(Nc2nccc3c2CCN(S(C)(=O)=O)C3)cc1. The van der Waals surface area contributed by atoms with Crippen LogP contribution in [0.4, 0.5) is 11.5 Å². The van der Waals surface area contributed by atoms with Gasteiger partial charge in [0.25, 0.3) is 0 Å². The van der Waals surface area contributed by atoms with Crippen molar-refractivity contribution < 1.29 is 8.42 Å². The van der Waals surface area contributed by atoms with Crippen molar-refractivity contribution in [3.63, 3.8) is 0 Å². The molecule has 0 radical (unpaired) electrons. The number of fused-ring (bicyclic) bond motifs is 1. The molecule has 1 aromatic carbocycles. The molecule has 1 aliphatic rings. The molecule has 0 saturated heterocycles. The molecule has 0 amide bonds. The number of sulfonamides is 1. The van der Waals surface area contributed by atoms with Gasteiger partial charge in [-0.15, -0.1) is 0 Å². The fraction of sp³-hybridized carbons (Fsp3) is 0.312. The van der Waals surface area contributed by atoms with E-state index in [9.17, 15) is 8.42 Å². The van der Waals surface area contributed by atoms with Crippen LogP contribution in [0.2, 0.25) is 0 Å². The Labute approximate surface area is 131 Å². The molecule has 2 heterocycles. The van der Waals surface area contributed by atoms with Gasteiger partial charge in [-0.1, -0.05) is 17.7 Å². The maximum absolute atomic E-state index is 11.7. The van der Waals surface area contributed by atoms with Crippen LogP contribution in [0.5, 0.6) is 0 Å². The Kier molecular flexibility index (Phi) is 3.88. The Hall–Kier alpha value is -1.92. The molecular weight excluding hydrogens is 298 g/mol. The molecule has 1 N–H and O–H groups in total. The van der Waals surface area contributed by atoms with Crippen LogP contribution in [0.15, 0.2) is 36.5 Å². The lowest BCUT2D eigenvalue weighted by Gasteiger charge is -2.27. The number of nitrogens with zero attached hydrogens (tertiary/aromatic N) is 2. The van der Waals surface area contributed by atoms with E-state index < -0.39 is 10.0 Å². The van der Waals surface area contributed by atoms with Crippen molar-refractivity contribution >= 4 is 21.5 Å². The predicted molar refractivity (Wildman–Crippen MR) is 87.7 cm³/mol. The molecule has 0 aliphatic carbocycles. The Morgan fingerprint density at radius 1 is 1.18 bits per heavy atom. The van der Waals surface area contributed by atoms with Gasteiger partial charge < -0.3 is 5.32 Å². The predicted octanol–water partition coefficient (Wildman–Crippen LogP) is 2.45. The van der Waals surface area contributed by atoms with E-state index in [-0.39, 0.29) is 0 Å². The second kappa shape index (κ2) is 5.70. The highest BCUT2D eigenvalue weighted by atomic mass is 32.2. The Balaban J connectivity index is 1.88. The standard InChI is InChI=1S/C16H19N3O2S/c1-12-3-5-14(6-4-12)18-16-15-8-10-19(22(2,20)21)11-13(15)7-9-17-16/h3-7,9H,8,10-11H2,1-2H3,(H,17,18). The lowest BCUT2D eigenvalue weighted by Crippen LogP contribution is -2.35. The molecule has 0 atom stereocenters. The third-order valence-corrected chi connectivity index (χ3v) is 5.14. The van der Waals surface area contributed by atoms with Crippen molar-refractivity contribution in [1.82, 2.24) is 9.29 Å². The van der Waals surface area contributed by atoms with E-state index in [1.807, 2.05) is 37.3 Å². The van der Waals surface area contributed by atoms with Gasteiger partial charge in [0.05, 0.1) is 6.26 Å². The molecule has 116 valence electrons. The number of aromatic nitrogens is 1. The highest BCUT2D eigenvalue weighted by molar-refractivity contribution is 7.88. The molecule has 0 spiro atoms. The van der Waals surface area contributed by atoms with Crippen molar-refractivity contribution in [1.29, 1.82) is 0 Å². The van der Waals surface area contributed by atoms with E-state index in [2.05, 4.69) is 10.3 Å². The van der Waals surface area contributed by atoms with Crippen LogP contribution in [-0.4, -0.2) is 30.5 Å². The van der Waals surface area contributed by atoms with Crippen LogP contribution in [-0.2, 0) is 23.0 Å². The molecule has 5 nitrogen and oxygen atoms in total. The van der Waals surface area contributed by atoms with E-state index in [0.717, 1.165) is 22.6 Å². The zero-order valence-electron chi connectivity index (χ0n) is 12.7. The van der Waals surface area contributed by atoms with Gasteiger partial charge in [-0.3, -0.25) is 0 Å². The highest BCUT2D eigenvalue weighted by Gasteiger charge is 2.25. The maximum atomic E-state index is 11.7. The van der Waals surface area contributed by atoms with Crippen LogP contribution >= 0.6 is 0 Å². The summed E-state index contributed by atoms with van der Waals surface area (Å²) in [5.74, 6) is 0.814. The second-order valence-electron chi connectivity index (χ2n) is 5.63. The number of aryl methyl sites for hydroxylation is 1. The average molecular weight is 317 g/mol. The van der Waals surface area contributed by atoms with Gasteiger partial charge >= 0.3 is 0 Å². The normalized spacial score (nSPS) is 15.4. The Bertz CT molecular complexity index is 786. The number of hydrogen-bond donors (Lipinski definition) is 1. The van der Waals surface area contributed by atoms with Crippen molar-refractivity contribution in [3.05, 3.63) is 53.2 Å². The van der Waals surface area contributed by atoms with Gasteiger partial charge in [-0.25, -0.2) is 13.4 Å². The minimum absolute atomic E-state index is 0.416. The highest BCUT2D eigenvalue weighted by Crippen LogP contribution is 2.27. The summed E-state index contributed by atoms with van der Waals surface area (Å²) in [6.07, 6.45) is 3.65. The number of rotatable bonds is 3. The molecule has 1 aromatic heterocycles. The van der Waals surface area contributed by atoms with Gasteiger partial charge in [-0.2, -0.15) is 4.31 Å². The van der Waals surface area contributed by atoms with Crippen LogP contribution < -0.4 is 5.32 Å². The molecule has 0 fully saturated rings. The molecule has 6 heteroatoms. The summed E-state index contributed by atoms with van der Waals surface area (Å²) in [5, 5.41) is 3.33. The first-order valence-corrected chi connectivity index (χ1v) is 9.04. The first-order chi connectivity index (χ1) is 10.4. The van der Waals surface area contributed by atoms with E-state index in [4.69, 9.17) is 0 Å². The van der Waals surface area contributed by atoms with Crippen LogP contribution in [0.25, 0.3) is 0 Å². The molecule has 0 unspecified atom stereocenters.